The van der Waals surface area contributed by atoms with Crippen LogP contribution in [0.4, 0.5) is 0 Å². The van der Waals surface area contributed by atoms with Crippen LogP contribution in [0.2, 0.25) is 0 Å². The molecule has 1 atom stereocenters. The van der Waals surface area contributed by atoms with Gasteiger partial charge in [-0.25, -0.2) is 4.68 Å². The molecule has 1 aromatic heterocycles. The van der Waals surface area contributed by atoms with Crippen molar-refractivity contribution >= 4 is 18.0 Å². The maximum Gasteiger partial charge on any atom is 0.307 e. The second-order valence-corrected chi connectivity index (χ2v) is 6.80. The number of amides is 1. The number of piperidine rings is 1. The first-order chi connectivity index (χ1) is 13.7. The summed E-state index contributed by atoms with van der Waals surface area (Å²) in [5.41, 5.74) is 1.41. The minimum absolute atomic E-state index is 0.136. The molecule has 7 nitrogen and oxygen atoms in total. The zero-order valence-corrected chi connectivity index (χ0v) is 16.2. The van der Waals surface area contributed by atoms with Gasteiger partial charge >= 0.3 is 5.97 Å². The molecule has 1 saturated heterocycles. The summed E-state index contributed by atoms with van der Waals surface area (Å²) in [6, 6.07) is 9.85. The van der Waals surface area contributed by atoms with Gasteiger partial charge in [-0.1, -0.05) is 47.7 Å². The number of carbonyl (C=O) groups excluding carboxylic acids is 2. The average molecular weight is 382 g/mol. The molecule has 0 saturated carbocycles. The monoisotopic (exact) mass is 382 g/mol. The molecule has 0 aliphatic carbocycles. The largest absolute Gasteiger partial charge is 0.466 e. The van der Waals surface area contributed by atoms with E-state index in [0.717, 1.165) is 24.8 Å². The van der Waals surface area contributed by atoms with E-state index in [1.165, 1.54) is 0 Å². The molecule has 2 aromatic rings. The molecule has 1 aliphatic rings. The van der Waals surface area contributed by atoms with Crippen LogP contribution in [0.15, 0.2) is 42.6 Å². The molecule has 0 spiro atoms. The van der Waals surface area contributed by atoms with Crippen LogP contribution in [-0.4, -0.2) is 51.0 Å². The predicted octanol–water partition coefficient (Wildman–Crippen LogP) is 2.94. The Kier molecular flexibility index (Phi) is 6.94. The quantitative estimate of drug-likeness (QED) is 0.688. The molecule has 7 heteroatoms. The number of esters is 1. The van der Waals surface area contributed by atoms with Crippen molar-refractivity contribution in [2.45, 2.75) is 45.2 Å². The van der Waals surface area contributed by atoms with Gasteiger partial charge in [-0.15, -0.1) is 5.10 Å². The SMILES string of the molecule is CCOC(=O)CC1CCCCN1C(=O)c1cn(CC=Cc2ccccc2)nn1. The van der Waals surface area contributed by atoms with Crippen LogP contribution in [0.3, 0.4) is 0 Å². The fourth-order valence-corrected chi connectivity index (χ4v) is 3.39. The molecule has 1 aromatic carbocycles. The third-order valence-electron chi connectivity index (χ3n) is 4.76. The molecule has 1 fully saturated rings. The highest BCUT2D eigenvalue weighted by molar-refractivity contribution is 5.92. The smallest absolute Gasteiger partial charge is 0.307 e. The molecule has 28 heavy (non-hydrogen) atoms. The molecule has 1 amide bonds. The van der Waals surface area contributed by atoms with E-state index >= 15 is 0 Å². The van der Waals surface area contributed by atoms with Crippen molar-refractivity contribution in [2.24, 2.45) is 0 Å². The van der Waals surface area contributed by atoms with Crippen LogP contribution in [0, 0.1) is 0 Å². The summed E-state index contributed by atoms with van der Waals surface area (Å²) in [5.74, 6) is -0.436. The molecule has 1 aliphatic heterocycles. The summed E-state index contributed by atoms with van der Waals surface area (Å²) in [7, 11) is 0. The van der Waals surface area contributed by atoms with Crippen molar-refractivity contribution < 1.29 is 14.3 Å². The first-order valence-corrected chi connectivity index (χ1v) is 9.75. The Labute approximate surface area is 165 Å². The number of nitrogens with zero attached hydrogens (tertiary/aromatic N) is 4. The zero-order valence-electron chi connectivity index (χ0n) is 16.2. The number of benzene rings is 1. The van der Waals surface area contributed by atoms with E-state index in [0.29, 0.717) is 25.4 Å². The molecule has 0 N–H and O–H groups in total. The minimum Gasteiger partial charge on any atom is -0.466 e. The normalized spacial score (nSPS) is 17.0. The molecule has 0 bridgehead atoms. The van der Waals surface area contributed by atoms with Crippen molar-refractivity contribution in [2.75, 3.05) is 13.2 Å². The third-order valence-corrected chi connectivity index (χ3v) is 4.76. The highest BCUT2D eigenvalue weighted by atomic mass is 16.5. The van der Waals surface area contributed by atoms with Crippen molar-refractivity contribution in [1.29, 1.82) is 0 Å². The second kappa shape index (κ2) is 9.82. The van der Waals surface area contributed by atoms with E-state index in [2.05, 4.69) is 10.3 Å². The fraction of sp³-hybridized carbons (Fsp3) is 0.429. The minimum atomic E-state index is -0.262. The number of hydrogen-bond donors (Lipinski definition) is 0. The van der Waals surface area contributed by atoms with E-state index in [1.807, 2.05) is 42.5 Å². The number of rotatable bonds is 7. The van der Waals surface area contributed by atoms with Gasteiger partial charge in [-0.2, -0.15) is 0 Å². The van der Waals surface area contributed by atoms with Crippen LogP contribution in [0.5, 0.6) is 0 Å². The standard InChI is InChI=1S/C21H26N4O3/c1-2-28-20(26)15-18-12-6-7-14-25(18)21(27)19-16-24(23-22-19)13-8-11-17-9-4-3-5-10-17/h3-5,8-11,16,18H,2,6-7,12-15H2,1H3. The molecule has 148 valence electrons. The number of ether oxygens (including phenoxy) is 1. The molecular formula is C21H26N4O3. The molecule has 1 unspecified atom stereocenters. The Morgan fingerprint density at radius 2 is 2.07 bits per heavy atom. The summed E-state index contributed by atoms with van der Waals surface area (Å²) in [6.07, 6.45) is 8.61. The number of likely N-dealkylation sites (tertiary alicyclic amines) is 1. The van der Waals surface area contributed by atoms with Gasteiger partial charge in [-0.05, 0) is 31.7 Å². The molecule has 0 radical (unpaired) electrons. The van der Waals surface area contributed by atoms with Crippen LogP contribution in [0.25, 0.3) is 6.08 Å². The Hall–Kier alpha value is -2.96. The van der Waals surface area contributed by atoms with Gasteiger partial charge in [0.25, 0.3) is 5.91 Å². The number of allylic oxidation sites excluding steroid dienone is 1. The average Bonchev–Trinajstić information content (AvgIpc) is 3.18. The highest BCUT2D eigenvalue weighted by Gasteiger charge is 2.30. The lowest BCUT2D eigenvalue weighted by Gasteiger charge is -2.34. The summed E-state index contributed by atoms with van der Waals surface area (Å²) in [5, 5.41) is 8.09. The van der Waals surface area contributed by atoms with Crippen molar-refractivity contribution in [3.05, 3.63) is 53.9 Å². The number of aromatic nitrogens is 3. The van der Waals surface area contributed by atoms with E-state index in [1.54, 1.807) is 22.7 Å². The van der Waals surface area contributed by atoms with Gasteiger partial charge in [0.2, 0.25) is 0 Å². The van der Waals surface area contributed by atoms with Gasteiger partial charge in [0, 0.05) is 12.6 Å². The molecular weight excluding hydrogens is 356 g/mol. The summed E-state index contributed by atoms with van der Waals surface area (Å²) in [6.45, 7) is 3.29. The number of hydrogen-bond acceptors (Lipinski definition) is 5. The van der Waals surface area contributed by atoms with Crippen LogP contribution in [0.1, 0.15) is 48.7 Å². The van der Waals surface area contributed by atoms with E-state index in [4.69, 9.17) is 4.74 Å². The Morgan fingerprint density at radius 1 is 1.25 bits per heavy atom. The topological polar surface area (TPSA) is 77.3 Å². The maximum absolute atomic E-state index is 12.9. The lowest BCUT2D eigenvalue weighted by molar-refractivity contribution is -0.144. The summed E-state index contributed by atoms with van der Waals surface area (Å²) < 4.78 is 6.68. The highest BCUT2D eigenvalue weighted by Crippen LogP contribution is 2.22. The van der Waals surface area contributed by atoms with Crippen LogP contribution < -0.4 is 0 Å². The Bertz CT molecular complexity index is 816. The second-order valence-electron chi connectivity index (χ2n) is 6.80. The first-order valence-electron chi connectivity index (χ1n) is 9.75. The third kappa shape index (κ3) is 5.28. The fourth-order valence-electron chi connectivity index (χ4n) is 3.39. The Morgan fingerprint density at radius 3 is 2.86 bits per heavy atom. The number of carbonyl (C=O) groups is 2. The summed E-state index contributed by atoms with van der Waals surface area (Å²) in [4.78, 5) is 26.5. The van der Waals surface area contributed by atoms with E-state index in [-0.39, 0.29) is 24.3 Å². The van der Waals surface area contributed by atoms with Gasteiger partial charge in [0.05, 0.1) is 25.8 Å². The zero-order chi connectivity index (χ0) is 19.8. The van der Waals surface area contributed by atoms with E-state index in [9.17, 15) is 9.59 Å². The first kappa shape index (κ1) is 19.8. The van der Waals surface area contributed by atoms with Gasteiger partial charge in [0.1, 0.15) is 0 Å². The van der Waals surface area contributed by atoms with Crippen molar-refractivity contribution in [3.63, 3.8) is 0 Å². The Balaban J connectivity index is 1.61. The summed E-state index contributed by atoms with van der Waals surface area (Å²) >= 11 is 0. The van der Waals surface area contributed by atoms with Crippen LogP contribution in [-0.2, 0) is 16.1 Å². The van der Waals surface area contributed by atoms with Gasteiger partial charge in [-0.3, -0.25) is 9.59 Å². The van der Waals surface area contributed by atoms with Crippen LogP contribution >= 0.6 is 0 Å². The maximum atomic E-state index is 12.9. The lowest BCUT2D eigenvalue weighted by atomic mass is 9.99. The van der Waals surface area contributed by atoms with E-state index < -0.39 is 0 Å². The van der Waals surface area contributed by atoms with Gasteiger partial charge in [0.15, 0.2) is 5.69 Å². The van der Waals surface area contributed by atoms with Gasteiger partial charge < -0.3 is 9.64 Å². The predicted molar refractivity (Wildman–Crippen MR) is 105 cm³/mol. The van der Waals surface area contributed by atoms with Crippen molar-refractivity contribution in [1.82, 2.24) is 19.9 Å². The lowest BCUT2D eigenvalue weighted by Crippen LogP contribution is -2.45. The molecule has 2 heterocycles. The van der Waals surface area contributed by atoms with Crippen molar-refractivity contribution in [3.8, 4) is 0 Å². The molecule has 3 rings (SSSR count).